The number of para-hydroxylation sites is 1. The molecule has 2 N–H and O–H groups in total. The van der Waals surface area contributed by atoms with Crippen molar-refractivity contribution in [1.82, 2.24) is 9.78 Å². The first kappa shape index (κ1) is 23.9. The second-order valence-electron chi connectivity index (χ2n) is 8.39. The Balaban J connectivity index is 1.55. The number of rotatable bonds is 7. The lowest BCUT2D eigenvalue weighted by Gasteiger charge is -2.09. The van der Waals surface area contributed by atoms with Gasteiger partial charge in [0.05, 0.1) is 23.6 Å². The van der Waals surface area contributed by atoms with Crippen LogP contribution in [-0.4, -0.2) is 33.4 Å². The molecular formula is C28H27N3O4. The topological polar surface area (TPSA) is 93.5 Å². The lowest BCUT2D eigenvalue weighted by atomic mass is 9.99. The molecule has 1 heterocycles. The molecule has 4 rings (SSSR count). The summed E-state index contributed by atoms with van der Waals surface area (Å²) in [7, 11) is 0. The minimum atomic E-state index is -0.618. The number of aliphatic hydroxyl groups excluding tert-OH is 1. The monoisotopic (exact) mass is 469 g/mol. The normalized spacial score (nSPS) is 10.7. The number of anilines is 1. The molecule has 7 nitrogen and oxygen atoms in total. The molecule has 0 radical (unpaired) electrons. The molecule has 7 heteroatoms. The third kappa shape index (κ3) is 5.47. The van der Waals surface area contributed by atoms with E-state index < -0.39 is 18.5 Å². The lowest BCUT2D eigenvalue weighted by molar-refractivity contribution is -0.119. The predicted molar refractivity (Wildman–Crippen MR) is 134 cm³/mol. The number of aromatic nitrogens is 2. The van der Waals surface area contributed by atoms with Crippen molar-refractivity contribution >= 4 is 17.7 Å². The minimum Gasteiger partial charge on any atom is -0.452 e. The Hall–Kier alpha value is -4.23. The Morgan fingerprint density at radius 1 is 0.914 bits per heavy atom. The predicted octanol–water partition coefficient (Wildman–Crippen LogP) is 4.75. The van der Waals surface area contributed by atoms with Gasteiger partial charge in [-0.15, -0.1) is 0 Å². The first-order chi connectivity index (χ1) is 16.9. The number of nitrogens with zero attached hydrogens (tertiary/aromatic N) is 2. The number of carbonyl (C=O) groups excluding carboxylic acids is 2. The van der Waals surface area contributed by atoms with Crippen molar-refractivity contribution in [3.8, 4) is 16.9 Å². The Bertz CT molecular complexity index is 1360. The van der Waals surface area contributed by atoms with Crippen LogP contribution in [0.15, 0.2) is 72.8 Å². The van der Waals surface area contributed by atoms with Crippen LogP contribution in [0.1, 0.15) is 32.6 Å². The molecule has 0 aliphatic heterocycles. The molecular weight excluding hydrogens is 442 g/mol. The highest BCUT2D eigenvalue weighted by Crippen LogP contribution is 2.29. The van der Waals surface area contributed by atoms with Crippen LogP contribution < -0.4 is 5.32 Å². The Morgan fingerprint density at radius 2 is 1.60 bits per heavy atom. The zero-order valence-corrected chi connectivity index (χ0v) is 19.9. The summed E-state index contributed by atoms with van der Waals surface area (Å²) in [6, 6.07) is 21.9. The molecule has 0 aliphatic rings. The summed E-state index contributed by atoms with van der Waals surface area (Å²) < 4.78 is 6.84. The van der Waals surface area contributed by atoms with E-state index in [2.05, 4.69) is 31.3 Å². The third-order valence-electron chi connectivity index (χ3n) is 5.80. The fourth-order valence-electron chi connectivity index (χ4n) is 3.74. The fraction of sp³-hybridized carbons (Fsp3) is 0.179. The first-order valence-electron chi connectivity index (χ1n) is 11.3. The van der Waals surface area contributed by atoms with Gasteiger partial charge in [-0.25, -0.2) is 9.48 Å². The van der Waals surface area contributed by atoms with E-state index in [-0.39, 0.29) is 6.61 Å². The molecule has 4 aromatic rings. The highest BCUT2D eigenvalue weighted by atomic mass is 16.5. The Labute approximate surface area is 204 Å². The van der Waals surface area contributed by atoms with E-state index in [0.29, 0.717) is 16.9 Å². The standard InChI is InChI=1S/C28H27N3O4/c1-18-13-20(3)24(14-19(18)2)25-15-26(31(30-25)23-7-5-4-6-8-23)29-27(33)17-35-28(34)22-11-9-21(16-32)10-12-22/h4-15,32H,16-17H2,1-3H3,(H,29,33). The van der Waals surface area contributed by atoms with Crippen LogP contribution in [-0.2, 0) is 16.1 Å². The minimum absolute atomic E-state index is 0.115. The average molecular weight is 470 g/mol. The maximum atomic E-state index is 12.7. The van der Waals surface area contributed by atoms with Crippen LogP contribution in [0.4, 0.5) is 5.82 Å². The zero-order chi connectivity index (χ0) is 24.9. The maximum absolute atomic E-state index is 12.7. The van der Waals surface area contributed by atoms with E-state index in [1.807, 2.05) is 43.3 Å². The quantitative estimate of drug-likeness (QED) is 0.381. The molecule has 0 saturated heterocycles. The van der Waals surface area contributed by atoms with Crippen LogP contribution in [0, 0.1) is 20.8 Å². The number of esters is 1. The molecule has 0 bridgehead atoms. The summed E-state index contributed by atoms with van der Waals surface area (Å²) in [4.78, 5) is 25.0. The van der Waals surface area contributed by atoms with Gasteiger partial charge < -0.3 is 15.2 Å². The number of amides is 1. The summed E-state index contributed by atoms with van der Waals surface area (Å²) in [6.07, 6.45) is 0. The van der Waals surface area contributed by atoms with Gasteiger partial charge in [-0.1, -0.05) is 36.4 Å². The third-order valence-corrected chi connectivity index (χ3v) is 5.80. The van der Waals surface area contributed by atoms with Gasteiger partial charge in [-0.05, 0) is 73.4 Å². The van der Waals surface area contributed by atoms with Crippen LogP contribution >= 0.6 is 0 Å². The number of benzene rings is 3. The van der Waals surface area contributed by atoms with Gasteiger partial charge in [0.2, 0.25) is 0 Å². The van der Waals surface area contributed by atoms with Crippen molar-refractivity contribution in [3.05, 3.63) is 101 Å². The summed E-state index contributed by atoms with van der Waals surface area (Å²) >= 11 is 0. The van der Waals surface area contributed by atoms with Gasteiger partial charge in [0.15, 0.2) is 6.61 Å². The number of aliphatic hydroxyl groups is 1. The molecule has 0 spiro atoms. The smallest absolute Gasteiger partial charge is 0.338 e. The molecule has 3 aromatic carbocycles. The summed E-state index contributed by atoms with van der Waals surface area (Å²) in [6.45, 7) is 5.60. The van der Waals surface area contributed by atoms with Crippen molar-refractivity contribution in [3.63, 3.8) is 0 Å². The van der Waals surface area contributed by atoms with E-state index in [9.17, 15) is 9.59 Å². The van der Waals surface area contributed by atoms with Gasteiger partial charge in [-0.2, -0.15) is 5.10 Å². The molecule has 0 unspecified atom stereocenters. The van der Waals surface area contributed by atoms with E-state index in [1.165, 1.54) is 5.56 Å². The van der Waals surface area contributed by atoms with E-state index in [0.717, 1.165) is 28.1 Å². The highest BCUT2D eigenvalue weighted by molar-refractivity contribution is 5.95. The number of nitrogens with one attached hydrogen (secondary N) is 1. The van der Waals surface area contributed by atoms with Gasteiger partial charge in [0.1, 0.15) is 5.82 Å². The molecule has 1 amide bonds. The molecule has 0 saturated carbocycles. The molecule has 0 aliphatic carbocycles. The Kier molecular flexibility index (Phi) is 7.08. The van der Waals surface area contributed by atoms with Crippen LogP contribution in [0.5, 0.6) is 0 Å². The number of ether oxygens (including phenoxy) is 1. The number of carbonyl (C=O) groups is 2. The van der Waals surface area contributed by atoms with Gasteiger partial charge >= 0.3 is 5.97 Å². The molecule has 0 fully saturated rings. The van der Waals surface area contributed by atoms with Crippen LogP contribution in [0.25, 0.3) is 16.9 Å². The van der Waals surface area contributed by atoms with Gasteiger partial charge in [-0.3, -0.25) is 4.79 Å². The van der Waals surface area contributed by atoms with Gasteiger partial charge in [0.25, 0.3) is 5.91 Å². The van der Waals surface area contributed by atoms with Crippen LogP contribution in [0.2, 0.25) is 0 Å². The van der Waals surface area contributed by atoms with Crippen molar-refractivity contribution in [1.29, 1.82) is 0 Å². The van der Waals surface area contributed by atoms with Crippen molar-refractivity contribution in [2.45, 2.75) is 27.4 Å². The second kappa shape index (κ2) is 10.4. The van der Waals surface area contributed by atoms with E-state index >= 15 is 0 Å². The van der Waals surface area contributed by atoms with E-state index in [4.69, 9.17) is 14.9 Å². The number of aryl methyl sites for hydroxylation is 3. The molecule has 0 atom stereocenters. The summed E-state index contributed by atoms with van der Waals surface area (Å²) in [5, 5.41) is 16.7. The number of hydrogen-bond acceptors (Lipinski definition) is 5. The first-order valence-corrected chi connectivity index (χ1v) is 11.3. The molecule has 1 aromatic heterocycles. The van der Waals surface area contributed by atoms with Crippen molar-refractivity contribution in [2.24, 2.45) is 0 Å². The van der Waals surface area contributed by atoms with Gasteiger partial charge in [0, 0.05) is 11.6 Å². The SMILES string of the molecule is Cc1cc(C)c(-c2cc(NC(=O)COC(=O)c3ccc(CO)cc3)n(-c3ccccc3)n2)cc1C. The number of hydrogen-bond donors (Lipinski definition) is 2. The van der Waals surface area contributed by atoms with Crippen molar-refractivity contribution in [2.75, 3.05) is 11.9 Å². The average Bonchev–Trinajstić information content (AvgIpc) is 3.28. The Morgan fingerprint density at radius 3 is 2.29 bits per heavy atom. The summed E-state index contributed by atoms with van der Waals surface area (Å²) in [5.41, 5.74) is 6.93. The molecule has 178 valence electrons. The highest BCUT2D eigenvalue weighted by Gasteiger charge is 2.17. The van der Waals surface area contributed by atoms with Crippen molar-refractivity contribution < 1.29 is 19.4 Å². The lowest BCUT2D eigenvalue weighted by Crippen LogP contribution is -2.22. The fourth-order valence-corrected chi connectivity index (χ4v) is 3.74. The second-order valence-corrected chi connectivity index (χ2v) is 8.39. The van der Waals surface area contributed by atoms with E-state index in [1.54, 1.807) is 28.9 Å². The van der Waals surface area contributed by atoms with Crippen LogP contribution in [0.3, 0.4) is 0 Å². The molecule has 35 heavy (non-hydrogen) atoms. The zero-order valence-electron chi connectivity index (χ0n) is 19.9. The maximum Gasteiger partial charge on any atom is 0.338 e. The summed E-state index contributed by atoms with van der Waals surface area (Å²) in [5.74, 6) is -0.629. The largest absolute Gasteiger partial charge is 0.452 e.